The van der Waals surface area contributed by atoms with E-state index in [9.17, 15) is 0 Å². The molecule has 0 N–H and O–H groups in total. The molecular weight excluding hydrogens is 773 g/mol. The van der Waals surface area contributed by atoms with Gasteiger partial charge in [-0.1, -0.05) is 182 Å². The van der Waals surface area contributed by atoms with E-state index in [1.165, 1.54) is 75.8 Å². The number of nitrogens with zero attached hydrogens (tertiary/aromatic N) is 2. The number of anilines is 6. The third kappa shape index (κ3) is 6.35. The molecule has 0 aliphatic heterocycles. The Balaban J connectivity index is 1.06. The molecule has 12 rings (SSSR count). The van der Waals surface area contributed by atoms with Crippen molar-refractivity contribution in [2.75, 3.05) is 9.80 Å². The van der Waals surface area contributed by atoms with E-state index in [1.807, 2.05) is 0 Å². The van der Waals surface area contributed by atoms with Crippen molar-refractivity contribution in [3.05, 3.63) is 254 Å². The molecule has 300 valence electrons. The summed E-state index contributed by atoms with van der Waals surface area (Å²) in [6.45, 7) is 0. The molecule has 2 heteroatoms. The fourth-order valence-corrected chi connectivity index (χ4v) is 9.91. The van der Waals surface area contributed by atoms with Gasteiger partial charge in [0, 0.05) is 33.5 Å². The lowest BCUT2D eigenvalue weighted by Gasteiger charge is -2.28. The molecule has 0 fully saturated rings. The molecule has 12 aromatic carbocycles. The van der Waals surface area contributed by atoms with E-state index in [-0.39, 0.29) is 0 Å². The molecule has 12 aromatic rings. The summed E-state index contributed by atoms with van der Waals surface area (Å²) in [6.07, 6.45) is 4.67. The van der Waals surface area contributed by atoms with Gasteiger partial charge in [0.1, 0.15) is 0 Å². The first kappa shape index (κ1) is 37.3. The van der Waals surface area contributed by atoms with Gasteiger partial charge in [-0.15, -0.1) is 0 Å². The van der Waals surface area contributed by atoms with Crippen molar-refractivity contribution < 1.29 is 0 Å². The van der Waals surface area contributed by atoms with E-state index in [0.29, 0.717) is 0 Å². The highest BCUT2D eigenvalue weighted by Gasteiger charge is 2.21. The van der Waals surface area contributed by atoms with Crippen LogP contribution in [0.3, 0.4) is 0 Å². The van der Waals surface area contributed by atoms with E-state index in [2.05, 4.69) is 265 Å². The maximum absolute atomic E-state index is 2.41. The Morgan fingerprint density at radius 3 is 0.750 bits per heavy atom. The van der Waals surface area contributed by atoms with Crippen LogP contribution in [0.5, 0.6) is 0 Å². The Kier molecular flexibility index (Phi) is 9.20. The van der Waals surface area contributed by atoms with Crippen molar-refractivity contribution in [3.8, 4) is 0 Å². The Bertz CT molecular complexity index is 3380. The minimum Gasteiger partial charge on any atom is -0.310 e. The van der Waals surface area contributed by atoms with Crippen LogP contribution in [0.25, 0.3) is 76.8 Å². The zero-order valence-electron chi connectivity index (χ0n) is 35.1. The summed E-state index contributed by atoms with van der Waals surface area (Å²) < 4.78 is 0. The van der Waals surface area contributed by atoms with E-state index in [4.69, 9.17) is 0 Å². The second-order valence-corrected chi connectivity index (χ2v) is 16.4. The number of benzene rings is 12. The Morgan fingerprint density at radius 1 is 0.203 bits per heavy atom. The van der Waals surface area contributed by atoms with Crippen molar-refractivity contribution in [2.24, 2.45) is 0 Å². The fraction of sp³-hybridized carbons (Fsp3) is 0. The Hall–Kier alpha value is -8.46. The minimum absolute atomic E-state index is 1.12. The molecular formula is C62H42N2. The Morgan fingerprint density at radius 2 is 0.438 bits per heavy atom. The van der Waals surface area contributed by atoms with Crippen LogP contribution in [0, 0.1) is 0 Å². The third-order valence-corrected chi connectivity index (χ3v) is 12.8. The first-order chi connectivity index (χ1) is 31.8. The van der Waals surface area contributed by atoms with Crippen molar-refractivity contribution in [2.45, 2.75) is 0 Å². The average molecular weight is 815 g/mol. The standard InChI is InChI=1S/C62H42N2/c1-5-21-45(22-6-1)63(46-23-7-2-8-24-46)61-41-59-51-31-15-13-29-49(51)43(39-57(59)53-33-17-19-35-55(53)61)37-38-44-40-58-54-34-18-20-36-56(54)62(42-60(58)52-32-16-14-30-50(44)52)64(47-25-9-3-10-26-47)48-27-11-4-12-28-48/h1-42H/b38-37+. The highest BCUT2D eigenvalue weighted by molar-refractivity contribution is 6.25. The largest absolute Gasteiger partial charge is 0.310 e. The summed E-state index contributed by atoms with van der Waals surface area (Å²) in [4.78, 5) is 4.78. The molecule has 0 spiro atoms. The molecule has 64 heavy (non-hydrogen) atoms. The maximum atomic E-state index is 2.41. The lowest BCUT2D eigenvalue weighted by atomic mass is 9.90. The number of hydrogen-bond acceptors (Lipinski definition) is 2. The van der Waals surface area contributed by atoms with Crippen LogP contribution in [0.15, 0.2) is 243 Å². The van der Waals surface area contributed by atoms with Gasteiger partial charge in [-0.2, -0.15) is 0 Å². The number of rotatable bonds is 8. The molecule has 0 aromatic heterocycles. The molecule has 0 saturated carbocycles. The summed E-state index contributed by atoms with van der Waals surface area (Å²) in [5, 5.41) is 14.7. The molecule has 0 heterocycles. The monoisotopic (exact) mass is 814 g/mol. The first-order valence-corrected chi connectivity index (χ1v) is 22.0. The van der Waals surface area contributed by atoms with Crippen LogP contribution in [0.4, 0.5) is 34.1 Å². The highest BCUT2D eigenvalue weighted by Crippen LogP contribution is 2.46. The van der Waals surface area contributed by atoms with Gasteiger partial charge >= 0.3 is 0 Å². The summed E-state index contributed by atoms with van der Waals surface area (Å²) in [5.74, 6) is 0. The van der Waals surface area contributed by atoms with Crippen LogP contribution in [-0.2, 0) is 0 Å². The van der Waals surface area contributed by atoms with E-state index in [1.54, 1.807) is 0 Å². The van der Waals surface area contributed by atoms with Gasteiger partial charge in [-0.05, 0) is 138 Å². The second kappa shape index (κ2) is 15.8. The predicted molar refractivity (Wildman–Crippen MR) is 276 cm³/mol. The molecule has 0 aliphatic rings. The summed E-state index contributed by atoms with van der Waals surface area (Å²) in [6, 6.07) is 88.0. The molecule has 0 saturated heterocycles. The first-order valence-electron chi connectivity index (χ1n) is 22.0. The van der Waals surface area contributed by atoms with Crippen LogP contribution in [0.2, 0.25) is 0 Å². The summed E-state index contributed by atoms with van der Waals surface area (Å²) in [7, 11) is 0. The maximum Gasteiger partial charge on any atom is 0.0546 e. The third-order valence-electron chi connectivity index (χ3n) is 12.8. The molecule has 0 radical (unpaired) electrons. The summed E-state index contributed by atoms with van der Waals surface area (Å²) in [5.41, 5.74) is 9.18. The van der Waals surface area contributed by atoms with Crippen LogP contribution >= 0.6 is 0 Å². The molecule has 0 unspecified atom stereocenters. The van der Waals surface area contributed by atoms with Crippen molar-refractivity contribution in [1.82, 2.24) is 0 Å². The number of para-hydroxylation sites is 4. The van der Waals surface area contributed by atoms with Crippen molar-refractivity contribution in [3.63, 3.8) is 0 Å². The average Bonchev–Trinajstić information content (AvgIpc) is 3.37. The van der Waals surface area contributed by atoms with Crippen LogP contribution in [0.1, 0.15) is 11.1 Å². The fourth-order valence-electron chi connectivity index (χ4n) is 9.91. The van der Waals surface area contributed by atoms with Crippen molar-refractivity contribution in [1.29, 1.82) is 0 Å². The van der Waals surface area contributed by atoms with Crippen LogP contribution < -0.4 is 9.80 Å². The van der Waals surface area contributed by atoms with Gasteiger partial charge in [0.2, 0.25) is 0 Å². The molecule has 0 atom stereocenters. The van der Waals surface area contributed by atoms with Gasteiger partial charge in [-0.3, -0.25) is 0 Å². The number of hydrogen-bond donors (Lipinski definition) is 0. The van der Waals surface area contributed by atoms with Crippen molar-refractivity contribution >= 4 is 111 Å². The van der Waals surface area contributed by atoms with Crippen LogP contribution in [-0.4, -0.2) is 0 Å². The second-order valence-electron chi connectivity index (χ2n) is 16.4. The predicted octanol–water partition coefficient (Wildman–Crippen LogP) is 17.7. The lowest BCUT2D eigenvalue weighted by molar-refractivity contribution is 1.30. The topological polar surface area (TPSA) is 6.48 Å². The Labute approximate surface area is 372 Å². The van der Waals surface area contributed by atoms with Gasteiger partial charge in [0.05, 0.1) is 11.4 Å². The number of fused-ring (bicyclic) bond motifs is 10. The minimum atomic E-state index is 1.12. The molecule has 0 amide bonds. The van der Waals surface area contributed by atoms with E-state index >= 15 is 0 Å². The highest BCUT2D eigenvalue weighted by atomic mass is 15.1. The van der Waals surface area contributed by atoms with Gasteiger partial charge in [0.15, 0.2) is 0 Å². The molecule has 0 aliphatic carbocycles. The van der Waals surface area contributed by atoms with E-state index in [0.717, 1.165) is 34.1 Å². The van der Waals surface area contributed by atoms with E-state index < -0.39 is 0 Å². The van der Waals surface area contributed by atoms with Gasteiger partial charge < -0.3 is 9.80 Å². The molecule has 0 bridgehead atoms. The lowest BCUT2D eigenvalue weighted by Crippen LogP contribution is -2.10. The normalized spacial score (nSPS) is 11.7. The molecule has 2 nitrogen and oxygen atoms in total. The summed E-state index contributed by atoms with van der Waals surface area (Å²) >= 11 is 0. The zero-order valence-corrected chi connectivity index (χ0v) is 35.1. The van der Waals surface area contributed by atoms with Gasteiger partial charge in [0.25, 0.3) is 0 Å². The SMILES string of the molecule is C(=C\c1cc2c3ccccc3c(N(c3ccccc3)c3ccccc3)cc2c2ccccc12)/c1cc2c3ccccc3c(N(c3ccccc3)c3ccccc3)cc2c2ccccc12. The quantitative estimate of drug-likeness (QED) is 0.111. The zero-order chi connectivity index (χ0) is 42.4. The smallest absolute Gasteiger partial charge is 0.0546 e. The van der Waals surface area contributed by atoms with Gasteiger partial charge in [-0.25, -0.2) is 0 Å².